The molecule has 5 nitrogen and oxygen atoms in total. The Labute approximate surface area is 110 Å². The van der Waals surface area contributed by atoms with Gasteiger partial charge < -0.3 is 16.0 Å². The fourth-order valence-corrected chi connectivity index (χ4v) is 1.95. The number of hydrogen-bond acceptors (Lipinski definition) is 4. The summed E-state index contributed by atoms with van der Waals surface area (Å²) in [5, 5.41) is 7.77. The zero-order valence-corrected chi connectivity index (χ0v) is 12.3. The first-order valence-corrected chi connectivity index (χ1v) is 6.76. The molecule has 0 fully saturated rings. The Morgan fingerprint density at radius 1 is 1.44 bits per heavy atom. The topological polar surface area (TPSA) is 59.1 Å². The lowest BCUT2D eigenvalue weighted by atomic mass is 10.2. The maximum Gasteiger partial charge on any atom is 0.147 e. The Morgan fingerprint density at radius 2 is 2.11 bits per heavy atom. The molecule has 0 aliphatic heterocycles. The van der Waals surface area contributed by atoms with Crippen molar-refractivity contribution in [2.75, 3.05) is 31.2 Å². The van der Waals surface area contributed by atoms with Gasteiger partial charge in [-0.2, -0.15) is 5.10 Å². The van der Waals surface area contributed by atoms with E-state index >= 15 is 0 Å². The van der Waals surface area contributed by atoms with Crippen LogP contribution in [0.4, 0.5) is 11.5 Å². The van der Waals surface area contributed by atoms with Gasteiger partial charge in [-0.15, -0.1) is 0 Å². The molecule has 1 aromatic rings. The number of hydrogen-bond donors (Lipinski definition) is 2. The molecule has 0 radical (unpaired) electrons. The highest BCUT2D eigenvalue weighted by molar-refractivity contribution is 5.64. The fourth-order valence-electron chi connectivity index (χ4n) is 1.95. The first-order valence-electron chi connectivity index (χ1n) is 6.76. The van der Waals surface area contributed by atoms with Crippen LogP contribution in [-0.2, 0) is 13.5 Å². The molecule has 0 saturated carbocycles. The minimum atomic E-state index is 0.613. The van der Waals surface area contributed by atoms with Crippen molar-refractivity contribution >= 4 is 11.5 Å². The Bertz CT molecular complexity index is 372. The minimum absolute atomic E-state index is 0.613. The fraction of sp³-hybridized carbons (Fsp3) is 0.769. The van der Waals surface area contributed by atoms with E-state index in [1.54, 1.807) is 0 Å². The third-order valence-electron chi connectivity index (χ3n) is 3.60. The van der Waals surface area contributed by atoms with Gasteiger partial charge in [0, 0.05) is 26.2 Å². The van der Waals surface area contributed by atoms with Gasteiger partial charge in [0.1, 0.15) is 5.82 Å². The summed E-state index contributed by atoms with van der Waals surface area (Å²) in [4.78, 5) is 2.35. The predicted molar refractivity (Wildman–Crippen MR) is 77.9 cm³/mol. The highest BCUT2D eigenvalue weighted by atomic mass is 15.3. The standard InChI is InChI=1S/C13H27N5/c1-6-10(3)17(4)9-8-15-13-12(14)11(7-2)16-18(13)5/h10,15H,6-9,14H2,1-5H3. The van der Waals surface area contributed by atoms with Gasteiger partial charge >= 0.3 is 0 Å². The van der Waals surface area contributed by atoms with Gasteiger partial charge in [0.15, 0.2) is 0 Å². The van der Waals surface area contributed by atoms with Crippen LogP contribution >= 0.6 is 0 Å². The van der Waals surface area contributed by atoms with Crippen molar-refractivity contribution < 1.29 is 0 Å². The Morgan fingerprint density at radius 3 is 2.61 bits per heavy atom. The Balaban J connectivity index is 2.51. The smallest absolute Gasteiger partial charge is 0.147 e. The lowest BCUT2D eigenvalue weighted by Crippen LogP contribution is -2.33. The number of nitrogens with one attached hydrogen (secondary N) is 1. The van der Waals surface area contributed by atoms with E-state index in [9.17, 15) is 0 Å². The number of aryl methyl sites for hydroxylation is 2. The number of nitrogen functional groups attached to an aromatic ring is 1. The molecule has 0 aromatic carbocycles. The van der Waals surface area contributed by atoms with Crippen LogP contribution in [0.15, 0.2) is 0 Å². The van der Waals surface area contributed by atoms with Crippen LogP contribution in [0.1, 0.15) is 32.9 Å². The van der Waals surface area contributed by atoms with E-state index in [2.05, 4.69) is 43.1 Å². The zero-order valence-electron chi connectivity index (χ0n) is 12.3. The second kappa shape index (κ2) is 6.64. The molecular weight excluding hydrogens is 226 g/mol. The average Bonchev–Trinajstić information content (AvgIpc) is 2.64. The van der Waals surface area contributed by atoms with Gasteiger partial charge in [-0.05, 0) is 26.8 Å². The van der Waals surface area contributed by atoms with Crippen LogP contribution in [0.2, 0.25) is 0 Å². The largest absolute Gasteiger partial charge is 0.394 e. The molecule has 18 heavy (non-hydrogen) atoms. The van der Waals surface area contributed by atoms with Gasteiger partial charge in [-0.25, -0.2) is 0 Å². The number of nitrogens with zero attached hydrogens (tertiary/aromatic N) is 3. The monoisotopic (exact) mass is 253 g/mol. The molecule has 0 bridgehead atoms. The van der Waals surface area contributed by atoms with Crippen molar-refractivity contribution in [1.82, 2.24) is 14.7 Å². The quantitative estimate of drug-likeness (QED) is 0.776. The first-order chi connectivity index (χ1) is 8.51. The van der Waals surface area contributed by atoms with Gasteiger partial charge in [-0.1, -0.05) is 13.8 Å². The lowest BCUT2D eigenvalue weighted by Gasteiger charge is -2.23. The highest BCUT2D eigenvalue weighted by Crippen LogP contribution is 2.21. The predicted octanol–water partition coefficient (Wildman–Crippen LogP) is 1.71. The molecule has 3 N–H and O–H groups in total. The van der Waals surface area contributed by atoms with Crippen LogP contribution in [0.3, 0.4) is 0 Å². The van der Waals surface area contributed by atoms with E-state index in [-0.39, 0.29) is 0 Å². The molecule has 1 aromatic heterocycles. The summed E-state index contributed by atoms with van der Waals surface area (Å²) < 4.78 is 1.83. The molecule has 1 unspecified atom stereocenters. The highest BCUT2D eigenvalue weighted by Gasteiger charge is 2.12. The van der Waals surface area contributed by atoms with E-state index < -0.39 is 0 Å². The van der Waals surface area contributed by atoms with Gasteiger partial charge in [0.2, 0.25) is 0 Å². The number of aromatic nitrogens is 2. The average molecular weight is 253 g/mol. The molecule has 104 valence electrons. The van der Waals surface area contributed by atoms with Crippen molar-refractivity contribution in [3.63, 3.8) is 0 Å². The molecule has 0 aliphatic carbocycles. The minimum Gasteiger partial charge on any atom is -0.394 e. The Kier molecular flexibility index (Phi) is 5.47. The van der Waals surface area contributed by atoms with E-state index in [0.29, 0.717) is 6.04 Å². The summed E-state index contributed by atoms with van der Waals surface area (Å²) in [5.41, 5.74) is 7.81. The number of anilines is 2. The molecule has 0 amide bonds. The summed E-state index contributed by atoms with van der Waals surface area (Å²) in [6, 6.07) is 0.613. The van der Waals surface area contributed by atoms with Crippen molar-refractivity contribution in [2.24, 2.45) is 7.05 Å². The van der Waals surface area contributed by atoms with Gasteiger partial charge in [0.25, 0.3) is 0 Å². The number of nitrogens with two attached hydrogens (primary N) is 1. The van der Waals surface area contributed by atoms with Crippen molar-refractivity contribution in [3.8, 4) is 0 Å². The summed E-state index contributed by atoms with van der Waals surface area (Å²) >= 11 is 0. The maximum atomic E-state index is 6.06. The van der Waals surface area contributed by atoms with E-state index in [4.69, 9.17) is 5.73 Å². The third kappa shape index (κ3) is 3.38. The lowest BCUT2D eigenvalue weighted by molar-refractivity contribution is 0.261. The normalized spacial score (nSPS) is 13.0. The summed E-state index contributed by atoms with van der Waals surface area (Å²) in [7, 11) is 4.08. The second-order valence-corrected chi connectivity index (χ2v) is 4.85. The van der Waals surface area contributed by atoms with Crippen LogP contribution in [0.25, 0.3) is 0 Å². The van der Waals surface area contributed by atoms with Crippen molar-refractivity contribution in [2.45, 2.75) is 39.7 Å². The van der Waals surface area contributed by atoms with Crippen LogP contribution in [0.5, 0.6) is 0 Å². The summed E-state index contributed by atoms with van der Waals surface area (Å²) in [5.74, 6) is 0.935. The molecule has 0 spiro atoms. The maximum absolute atomic E-state index is 6.06. The van der Waals surface area contributed by atoms with E-state index in [1.165, 1.54) is 6.42 Å². The first kappa shape index (κ1) is 14.8. The summed E-state index contributed by atoms with van der Waals surface area (Å²) in [6.07, 6.45) is 2.04. The van der Waals surface area contributed by atoms with Crippen LogP contribution in [0, 0.1) is 0 Å². The molecular formula is C13H27N5. The summed E-state index contributed by atoms with van der Waals surface area (Å²) in [6.45, 7) is 8.41. The molecule has 1 rings (SSSR count). The third-order valence-corrected chi connectivity index (χ3v) is 3.60. The van der Waals surface area contributed by atoms with Gasteiger partial charge in [-0.3, -0.25) is 4.68 Å². The van der Waals surface area contributed by atoms with Crippen LogP contribution < -0.4 is 11.1 Å². The SMILES string of the molecule is CCc1nn(C)c(NCCN(C)C(C)CC)c1N. The number of likely N-dealkylation sites (N-methyl/N-ethyl adjacent to an activating group) is 1. The molecule has 1 heterocycles. The molecule has 1 atom stereocenters. The zero-order chi connectivity index (χ0) is 13.7. The van der Waals surface area contributed by atoms with E-state index in [0.717, 1.165) is 36.7 Å². The van der Waals surface area contributed by atoms with Gasteiger partial charge in [0.05, 0.1) is 11.4 Å². The Hall–Kier alpha value is -1.23. The second-order valence-electron chi connectivity index (χ2n) is 4.85. The van der Waals surface area contributed by atoms with Crippen LogP contribution in [-0.4, -0.2) is 40.9 Å². The van der Waals surface area contributed by atoms with Crippen molar-refractivity contribution in [1.29, 1.82) is 0 Å². The molecule has 5 heteroatoms. The van der Waals surface area contributed by atoms with E-state index in [1.807, 2.05) is 11.7 Å². The molecule has 0 saturated heterocycles. The van der Waals surface area contributed by atoms with Crippen molar-refractivity contribution in [3.05, 3.63) is 5.69 Å². The molecule has 0 aliphatic rings. The number of rotatable bonds is 7.